The number of carbonyl (C=O) groups excluding carboxylic acids is 1. The van der Waals surface area contributed by atoms with Crippen molar-refractivity contribution in [3.63, 3.8) is 0 Å². The lowest BCUT2D eigenvalue weighted by molar-refractivity contribution is 0.0963. The van der Waals surface area contributed by atoms with Crippen molar-refractivity contribution < 1.29 is 4.79 Å². The molecular weight excluding hydrogens is 326 g/mol. The molecular formula is C20H33N5O. The molecule has 0 aliphatic carbocycles. The number of rotatable bonds is 6. The lowest BCUT2D eigenvalue weighted by atomic mass is 9.98. The van der Waals surface area contributed by atoms with Crippen molar-refractivity contribution in [1.82, 2.24) is 20.9 Å². The van der Waals surface area contributed by atoms with Crippen LogP contribution in [0.2, 0.25) is 0 Å². The maximum Gasteiger partial charge on any atom is 0.251 e. The highest BCUT2D eigenvalue weighted by molar-refractivity contribution is 5.93. The van der Waals surface area contributed by atoms with E-state index in [4.69, 9.17) is 0 Å². The number of amides is 1. The average molecular weight is 360 g/mol. The van der Waals surface area contributed by atoms with E-state index >= 15 is 0 Å². The zero-order valence-corrected chi connectivity index (χ0v) is 16.6. The van der Waals surface area contributed by atoms with Crippen molar-refractivity contribution in [2.45, 2.75) is 45.2 Å². The van der Waals surface area contributed by atoms with Crippen LogP contribution in [0.3, 0.4) is 0 Å². The molecule has 0 unspecified atom stereocenters. The Hall–Kier alpha value is -2.08. The fourth-order valence-electron chi connectivity index (χ4n) is 3.24. The monoisotopic (exact) mass is 359 g/mol. The van der Waals surface area contributed by atoms with Gasteiger partial charge in [0.15, 0.2) is 5.96 Å². The molecule has 2 rings (SSSR count). The highest BCUT2D eigenvalue weighted by Gasteiger charge is 2.27. The summed E-state index contributed by atoms with van der Waals surface area (Å²) in [6.07, 6.45) is 3.94. The molecule has 3 N–H and O–H groups in total. The van der Waals surface area contributed by atoms with Gasteiger partial charge in [-0.2, -0.15) is 0 Å². The smallest absolute Gasteiger partial charge is 0.251 e. The fraction of sp³-hybridized carbons (Fsp3) is 0.600. The molecule has 144 valence electrons. The third-order valence-corrected chi connectivity index (χ3v) is 5.03. The van der Waals surface area contributed by atoms with Crippen molar-refractivity contribution in [3.8, 4) is 0 Å². The highest BCUT2D eigenvalue weighted by atomic mass is 16.1. The van der Waals surface area contributed by atoms with Gasteiger partial charge in [0.25, 0.3) is 5.91 Å². The van der Waals surface area contributed by atoms with Gasteiger partial charge in [0.2, 0.25) is 0 Å². The summed E-state index contributed by atoms with van der Waals surface area (Å²) in [6, 6.07) is 7.60. The first kappa shape index (κ1) is 20.2. The lowest BCUT2D eigenvalue weighted by Crippen LogP contribution is -2.54. The van der Waals surface area contributed by atoms with Crippen LogP contribution in [0, 0.1) is 0 Å². The van der Waals surface area contributed by atoms with Gasteiger partial charge in [-0.3, -0.25) is 14.7 Å². The van der Waals surface area contributed by atoms with Gasteiger partial charge in [-0.1, -0.05) is 18.6 Å². The second-order valence-electron chi connectivity index (χ2n) is 7.42. The number of carbonyl (C=O) groups is 1. The zero-order valence-electron chi connectivity index (χ0n) is 16.6. The van der Waals surface area contributed by atoms with Crippen LogP contribution in [0.4, 0.5) is 0 Å². The molecule has 0 bridgehead atoms. The molecule has 1 aromatic carbocycles. The topological polar surface area (TPSA) is 68.8 Å². The Morgan fingerprint density at radius 1 is 1.12 bits per heavy atom. The zero-order chi connectivity index (χ0) is 19.0. The van der Waals surface area contributed by atoms with E-state index in [2.05, 4.69) is 39.7 Å². The van der Waals surface area contributed by atoms with E-state index in [1.54, 1.807) is 14.1 Å². The van der Waals surface area contributed by atoms with E-state index in [1.807, 2.05) is 24.3 Å². The van der Waals surface area contributed by atoms with Crippen LogP contribution in [-0.2, 0) is 6.54 Å². The Balaban J connectivity index is 1.82. The number of likely N-dealkylation sites (tertiary alicyclic amines) is 1. The van der Waals surface area contributed by atoms with Crippen LogP contribution in [0.1, 0.15) is 49.0 Å². The van der Waals surface area contributed by atoms with Crippen molar-refractivity contribution in [2.24, 2.45) is 4.99 Å². The molecule has 26 heavy (non-hydrogen) atoms. The molecule has 1 heterocycles. The minimum Gasteiger partial charge on any atom is -0.355 e. The van der Waals surface area contributed by atoms with E-state index in [1.165, 1.54) is 32.4 Å². The summed E-state index contributed by atoms with van der Waals surface area (Å²) in [7, 11) is 3.43. The number of hydrogen-bond acceptors (Lipinski definition) is 3. The largest absolute Gasteiger partial charge is 0.355 e. The number of benzene rings is 1. The van der Waals surface area contributed by atoms with E-state index in [0.717, 1.165) is 18.1 Å². The SMILES string of the molecule is CN=C(NCc1ccc(C(=O)NC)cc1)NCC(C)(C)N1CCCCC1. The van der Waals surface area contributed by atoms with Crippen LogP contribution in [0.25, 0.3) is 0 Å². The van der Waals surface area contributed by atoms with Gasteiger partial charge >= 0.3 is 0 Å². The summed E-state index contributed by atoms with van der Waals surface area (Å²) >= 11 is 0. The first-order chi connectivity index (χ1) is 12.5. The normalized spacial score (nSPS) is 16.2. The summed E-state index contributed by atoms with van der Waals surface area (Å²) < 4.78 is 0. The van der Waals surface area contributed by atoms with E-state index in [9.17, 15) is 4.79 Å². The predicted octanol–water partition coefficient (Wildman–Crippen LogP) is 1.98. The van der Waals surface area contributed by atoms with Crippen LogP contribution >= 0.6 is 0 Å². The van der Waals surface area contributed by atoms with Crippen molar-refractivity contribution >= 4 is 11.9 Å². The average Bonchev–Trinajstić information content (AvgIpc) is 2.68. The van der Waals surface area contributed by atoms with Crippen LogP contribution in [0.5, 0.6) is 0 Å². The van der Waals surface area contributed by atoms with Crippen molar-refractivity contribution in [3.05, 3.63) is 35.4 Å². The molecule has 1 saturated heterocycles. The van der Waals surface area contributed by atoms with Gasteiger partial charge in [0.1, 0.15) is 0 Å². The number of piperidine rings is 1. The Morgan fingerprint density at radius 3 is 2.35 bits per heavy atom. The van der Waals surface area contributed by atoms with Gasteiger partial charge in [0, 0.05) is 38.3 Å². The standard InChI is InChI=1S/C20H33N5O/c1-20(2,25-12-6-5-7-13-25)15-24-19(22-4)23-14-16-8-10-17(11-9-16)18(26)21-3/h8-11H,5-7,12-15H2,1-4H3,(H,21,26)(H2,22,23,24). The third kappa shape index (κ3) is 5.73. The molecule has 0 radical (unpaired) electrons. The van der Waals surface area contributed by atoms with Crippen molar-refractivity contribution in [1.29, 1.82) is 0 Å². The Morgan fingerprint density at radius 2 is 1.77 bits per heavy atom. The van der Waals surface area contributed by atoms with Crippen LogP contribution in [0.15, 0.2) is 29.3 Å². The molecule has 1 aliphatic heterocycles. The number of guanidine groups is 1. The molecule has 0 saturated carbocycles. The van der Waals surface area contributed by atoms with Crippen LogP contribution < -0.4 is 16.0 Å². The summed E-state index contributed by atoms with van der Waals surface area (Å²) in [5, 5.41) is 9.42. The molecule has 6 heteroatoms. The second-order valence-corrected chi connectivity index (χ2v) is 7.42. The number of aliphatic imine (C=N–C) groups is 1. The number of nitrogens with zero attached hydrogens (tertiary/aromatic N) is 2. The maximum atomic E-state index is 11.6. The molecule has 1 amide bonds. The maximum absolute atomic E-state index is 11.6. The van der Waals surface area contributed by atoms with Crippen molar-refractivity contribution in [2.75, 3.05) is 33.7 Å². The molecule has 1 fully saturated rings. The van der Waals surface area contributed by atoms with Gasteiger partial charge < -0.3 is 16.0 Å². The van der Waals surface area contributed by atoms with Crippen LogP contribution in [-0.4, -0.2) is 56.0 Å². The highest BCUT2D eigenvalue weighted by Crippen LogP contribution is 2.19. The summed E-state index contributed by atoms with van der Waals surface area (Å²) in [5.41, 5.74) is 1.88. The number of hydrogen-bond donors (Lipinski definition) is 3. The Labute approximate surface area is 157 Å². The molecule has 0 spiro atoms. The molecule has 1 aromatic rings. The van der Waals surface area contributed by atoms with Gasteiger partial charge in [-0.25, -0.2) is 0 Å². The first-order valence-corrected chi connectivity index (χ1v) is 9.47. The lowest BCUT2D eigenvalue weighted by Gasteiger charge is -2.41. The van der Waals surface area contributed by atoms with E-state index < -0.39 is 0 Å². The summed E-state index contributed by atoms with van der Waals surface area (Å²) in [6.45, 7) is 8.45. The number of nitrogens with one attached hydrogen (secondary N) is 3. The van der Waals surface area contributed by atoms with Gasteiger partial charge in [0.05, 0.1) is 0 Å². The quantitative estimate of drug-likeness (QED) is 0.537. The first-order valence-electron chi connectivity index (χ1n) is 9.47. The molecule has 0 aromatic heterocycles. The van der Waals surface area contributed by atoms with E-state index in [-0.39, 0.29) is 11.4 Å². The predicted molar refractivity (Wildman–Crippen MR) is 108 cm³/mol. The Kier molecular flexibility index (Phi) is 7.45. The minimum atomic E-state index is -0.0677. The molecule has 1 aliphatic rings. The van der Waals surface area contributed by atoms with Gasteiger partial charge in [-0.05, 0) is 57.5 Å². The fourth-order valence-corrected chi connectivity index (χ4v) is 3.24. The Bertz CT molecular complexity index is 603. The second kappa shape index (κ2) is 9.57. The minimum absolute atomic E-state index is 0.0677. The summed E-state index contributed by atoms with van der Waals surface area (Å²) in [5.74, 6) is 0.729. The summed E-state index contributed by atoms with van der Waals surface area (Å²) in [4.78, 5) is 18.5. The van der Waals surface area contributed by atoms with Gasteiger partial charge in [-0.15, -0.1) is 0 Å². The molecule has 0 atom stereocenters. The van der Waals surface area contributed by atoms with E-state index in [0.29, 0.717) is 12.1 Å². The third-order valence-electron chi connectivity index (χ3n) is 5.03. The molecule has 6 nitrogen and oxygen atoms in total.